The number of aryl methyl sites for hydroxylation is 1. The van der Waals surface area contributed by atoms with Crippen LogP contribution in [0.2, 0.25) is 0 Å². The summed E-state index contributed by atoms with van der Waals surface area (Å²) >= 11 is 0. The number of rotatable bonds is 2. The van der Waals surface area contributed by atoms with Gasteiger partial charge in [-0.15, -0.1) is 0 Å². The summed E-state index contributed by atoms with van der Waals surface area (Å²) in [5.41, 5.74) is 3.19. The van der Waals surface area contributed by atoms with Crippen molar-refractivity contribution in [2.24, 2.45) is 11.3 Å². The number of fused-ring (bicyclic) bond motifs is 1. The van der Waals surface area contributed by atoms with E-state index in [9.17, 15) is 0 Å². The quantitative estimate of drug-likeness (QED) is 0.767. The van der Waals surface area contributed by atoms with E-state index < -0.39 is 0 Å². The second-order valence-electron chi connectivity index (χ2n) is 7.17. The lowest BCUT2D eigenvalue weighted by atomic mass is 9.72. The van der Waals surface area contributed by atoms with Gasteiger partial charge in [-0.2, -0.15) is 5.10 Å². The molecule has 0 radical (unpaired) electrons. The topological polar surface area (TPSA) is 52.7 Å². The first kappa shape index (κ1) is 13.0. The summed E-state index contributed by atoms with van der Waals surface area (Å²) in [7, 11) is 0. The first-order valence-electron chi connectivity index (χ1n) is 7.57. The van der Waals surface area contributed by atoms with Crippen molar-refractivity contribution in [2.45, 2.75) is 52.5 Å². The predicted molar refractivity (Wildman–Crippen MR) is 78.5 cm³/mol. The zero-order valence-corrected chi connectivity index (χ0v) is 12.3. The SMILES string of the molecule is CC(C)(C)C1CCc2[nH]nc(NC3CCNC3)c2C1. The average molecular weight is 262 g/mol. The Hall–Kier alpha value is -1.03. The highest BCUT2D eigenvalue weighted by atomic mass is 15.2. The maximum absolute atomic E-state index is 4.51. The number of aromatic nitrogens is 2. The highest BCUT2D eigenvalue weighted by Gasteiger charge is 2.31. The van der Waals surface area contributed by atoms with Crippen molar-refractivity contribution in [2.75, 3.05) is 18.4 Å². The normalized spacial score (nSPS) is 27.3. The van der Waals surface area contributed by atoms with E-state index in [0.717, 1.165) is 37.7 Å². The molecule has 106 valence electrons. The Balaban J connectivity index is 1.76. The van der Waals surface area contributed by atoms with Gasteiger partial charge in [0.15, 0.2) is 5.82 Å². The molecule has 0 amide bonds. The van der Waals surface area contributed by atoms with Crippen LogP contribution in [-0.4, -0.2) is 29.3 Å². The summed E-state index contributed by atoms with van der Waals surface area (Å²) in [5.74, 6) is 1.87. The van der Waals surface area contributed by atoms with Crippen LogP contribution in [0.5, 0.6) is 0 Å². The van der Waals surface area contributed by atoms with Gasteiger partial charge in [0, 0.05) is 23.8 Å². The molecule has 0 bridgehead atoms. The molecule has 2 aliphatic rings. The van der Waals surface area contributed by atoms with Crippen LogP contribution in [0, 0.1) is 11.3 Å². The van der Waals surface area contributed by atoms with Crippen LogP contribution < -0.4 is 10.6 Å². The van der Waals surface area contributed by atoms with Crippen LogP contribution in [0.4, 0.5) is 5.82 Å². The first-order chi connectivity index (χ1) is 9.04. The fourth-order valence-electron chi connectivity index (χ4n) is 3.32. The Bertz CT molecular complexity index is 437. The van der Waals surface area contributed by atoms with E-state index in [0.29, 0.717) is 11.5 Å². The molecule has 19 heavy (non-hydrogen) atoms. The van der Waals surface area contributed by atoms with Crippen LogP contribution in [0.15, 0.2) is 0 Å². The summed E-state index contributed by atoms with van der Waals surface area (Å²) in [4.78, 5) is 0. The fourth-order valence-corrected chi connectivity index (χ4v) is 3.32. The zero-order valence-electron chi connectivity index (χ0n) is 12.3. The van der Waals surface area contributed by atoms with Crippen LogP contribution in [0.3, 0.4) is 0 Å². The van der Waals surface area contributed by atoms with Crippen molar-refractivity contribution in [3.8, 4) is 0 Å². The third kappa shape index (κ3) is 2.64. The molecule has 2 atom stereocenters. The van der Waals surface area contributed by atoms with Crippen molar-refractivity contribution in [1.82, 2.24) is 15.5 Å². The van der Waals surface area contributed by atoms with Crippen molar-refractivity contribution in [3.63, 3.8) is 0 Å². The van der Waals surface area contributed by atoms with Crippen molar-refractivity contribution >= 4 is 5.82 Å². The highest BCUT2D eigenvalue weighted by Crippen LogP contribution is 2.38. The maximum atomic E-state index is 4.51. The molecule has 0 saturated carbocycles. The third-order valence-electron chi connectivity index (χ3n) is 4.77. The Labute approximate surface area is 115 Å². The monoisotopic (exact) mass is 262 g/mol. The Morgan fingerprint density at radius 3 is 2.79 bits per heavy atom. The smallest absolute Gasteiger partial charge is 0.151 e. The van der Waals surface area contributed by atoms with Crippen molar-refractivity contribution in [1.29, 1.82) is 0 Å². The van der Waals surface area contributed by atoms with Gasteiger partial charge in [-0.1, -0.05) is 20.8 Å². The molecule has 0 aromatic carbocycles. The first-order valence-corrected chi connectivity index (χ1v) is 7.57. The summed E-state index contributed by atoms with van der Waals surface area (Å²) in [5, 5.41) is 14.8. The van der Waals surface area contributed by atoms with E-state index in [4.69, 9.17) is 0 Å². The Morgan fingerprint density at radius 2 is 2.11 bits per heavy atom. The summed E-state index contributed by atoms with van der Waals surface area (Å²) in [6.07, 6.45) is 4.79. The average Bonchev–Trinajstić information content (AvgIpc) is 2.98. The van der Waals surface area contributed by atoms with Gasteiger partial charge < -0.3 is 10.6 Å². The molecule has 1 aromatic heterocycles. The second-order valence-corrected chi connectivity index (χ2v) is 7.17. The van der Waals surface area contributed by atoms with Gasteiger partial charge in [0.05, 0.1) is 0 Å². The molecule has 4 heteroatoms. The third-order valence-corrected chi connectivity index (χ3v) is 4.77. The minimum atomic E-state index is 0.390. The molecule has 1 aliphatic heterocycles. The standard InChI is InChI=1S/C15H26N4/c1-15(2,3)10-4-5-13-12(8-10)14(19-18-13)17-11-6-7-16-9-11/h10-11,16H,4-9H2,1-3H3,(H2,17,18,19). The number of hydrogen-bond donors (Lipinski definition) is 3. The number of hydrogen-bond acceptors (Lipinski definition) is 3. The number of aromatic amines is 1. The van der Waals surface area contributed by atoms with Gasteiger partial charge in [0.25, 0.3) is 0 Å². The van der Waals surface area contributed by atoms with Gasteiger partial charge in [-0.3, -0.25) is 5.10 Å². The molecule has 1 saturated heterocycles. The number of nitrogens with one attached hydrogen (secondary N) is 3. The van der Waals surface area contributed by atoms with E-state index >= 15 is 0 Å². The van der Waals surface area contributed by atoms with Crippen LogP contribution >= 0.6 is 0 Å². The summed E-state index contributed by atoms with van der Waals surface area (Å²) in [6.45, 7) is 9.25. The molecule has 1 aliphatic carbocycles. The lowest BCUT2D eigenvalue weighted by molar-refractivity contribution is 0.216. The summed E-state index contributed by atoms with van der Waals surface area (Å²) < 4.78 is 0. The van der Waals surface area contributed by atoms with E-state index in [-0.39, 0.29) is 0 Å². The minimum absolute atomic E-state index is 0.390. The number of H-pyrrole nitrogens is 1. The van der Waals surface area contributed by atoms with Crippen molar-refractivity contribution in [3.05, 3.63) is 11.3 Å². The highest BCUT2D eigenvalue weighted by molar-refractivity contribution is 5.49. The summed E-state index contributed by atoms with van der Waals surface area (Å²) in [6, 6.07) is 0.544. The fraction of sp³-hybridized carbons (Fsp3) is 0.800. The molecule has 4 nitrogen and oxygen atoms in total. The molecule has 1 aromatic rings. The van der Waals surface area contributed by atoms with E-state index in [1.54, 1.807) is 0 Å². The van der Waals surface area contributed by atoms with Crippen molar-refractivity contribution < 1.29 is 0 Å². The van der Waals surface area contributed by atoms with E-state index in [1.165, 1.54) is 24.1 Å². The molecule has 2 unspecified atom stereocenters. The predicted octanol–water partition coefficient (Wildman–Crippen LogP) is 2.33. The van der Waals surface area contributed by atoms with E-state index in [1.807, 2.05) is 0 Å². The zero-order chi connectivity index (χ0) is 13.5. The number of nitrogens with zero attached hydrogens (tertiary/aromatic N) is 1. The van der Waals surface area contributed by atoms with Gasteiger partial charge in [-0.25, -0.2) is 0 Å². The largest absolute Gasteiger partial charge is 0.364 e. The maximum Gasteiger partial charge on any atom is 0.151 e. The van der Waals surface area contributed by atoms with Gasteiger partial charge in [0.1, 0.15) is 0 Å². The van der Waals surface area contributed by atoms with Crippen LogP contribution in [-0.2, 0) is 12.8 Å². The lowest BCUT2D eigenvalue weighted by Crippen LogP contribution is -2.28. The van der Waals surface area contributed by atoms with E-state index in [2.05, 4.69) is 41.6 Å². The molecule has 3 rings (SSSR count). The molecular weight excluding hydrogens is 236 g/mol. The molecule has 2 heterocycles. The van der Waals surface area contributed by atoms with Crippen LogP contribution in [0.25, 0.3) is 0 Å². The Kier molecular flexibility index (Phi) is 3.29. The lowest BCUT2D eigenvalue weighted by Gasteiger charge is -2.34. The van der Waals surface area contributed by atoms with Gasteiger partial charge >= 0.3 is 0 Å². The number of anilines is 1. The van der Waals surface area contributed by atoms with Gasteiger partial charge in [0.2, 0.25) is 0 Å². The molecule has 1 fully saturated rings. The van der Waals surface area contributed by atoms with Gasteiger partial charge in [-0.05, 0) is 43.6 Å². The minimum Gasteiger partial charge on any atom is -0.364 e. The van der Waals surface area contributed by atoms with Crippen LogP contribution in [0.1, 0.15) is 44.9 Å². The Morgan fingerprint density at radius 1 is 1.26 bits per heavy atom. The molecule has 3 N–H and O–H groups in total. The second kappa shape index (κ2) is 4.82. The molecular formula is C15H26N4. The molecule has 0 spiro atoms.